The van der Waals surface area contributed by atoms with E-state index in [9.17, 15) is 14.4 Å². The highest BCUT2D eigenvalue weighted by molar-refractivity contribution is 5.79. The van der Waals surface area contributed by atoms with Gasteiger partial charge in [0, 0.05) is 29.8 Å². The van der Waals surface area contributed by atoms with E-state index in [4.69, 9.17) is 4.98 Å². The fourth-order valence-corrected chi connectivity index (χ4v) is 5.07. The molecule has 0 radical (unpaired) electrons. The van der Waals surface area contributed by atoms with Crippen LogP contribution in [-0.4, -0.2) is 35.9 Å². The predicted octanol–water partition coefficient (Wildman–Crippen LogP) is 4.91. The maximum Gasteiger partial charge on any atom is 0.223 e. The van der Waals surface area contributed by atoms with Crippen molar-refractivity contribution in [2.45, 2.75) is 58.4 Å². The van der Waals surface area contributed by atoms with E-state index in [1.807, 2.05) is 39.0 Å². The van der Waals surface area contributed by atoms with E-state index >= 15 is 0 Å². The highest BCUT2D eigenvalue weighted by atomic mass is 19.1. The number of halogens is 1. The fraction of sp³-hybridized carbons (Fsp3) is 0.357. The Balaban J connectivity index is 1.20. The first-order valence-electron chi connectivity index (χ1n) is 13.0. The lowest BCUT2D eigenvalue weighted by Gasteiger charge is -2.29. The molecule has 0 aromatic carbocycles. The van der Waals surface area contributed by atoms with Gasteiger partial charge in [-0.3, -0.25) is 9.89 Å². The minimum Gasteiger partial charge on any atom is -0.349 e. The number of nitriles is 1. The fourth-order valence-electron chi connectivity index (χ4n) is 5.07. The maximum absolute atomic E-state index is 13.2. The second-order valence-electron chi connectivity index (χ2n) is 10.1. The predicted molar refractivity (Wildman–Crippen MR) is 143 cm³/mol. The van der Waals surface area contributed by atoms with Crippen LogP contribution in [0.1, 0.15) is 72.6 Å². The molecule has 0 spiro atoms. The molecular weight excluding hydrogens is 497 g/mol. The molecule has 1 atom stereocenters. The molecule has 4 aromatic heterocycles. The van der Waals surface area contributed by atoms with Crippen molar-refractivity contribution >= 4 is 17.5 Å². The molecule has 39 heavy (non-hydrogen) atoms. The highest BCUT2D eigenvalue weighted by Crippen LogP contribution is 2.38. The lowest BCUT2D eigenvalue weighted by atomic mass is 9.78. The molecular formula is C28H30FN9O. The van der Waals surface area contributed by atoms with Crippen molar-refractivity contribution in [1.82, 2.24) is 35.3 Å². The summed E-state index contributed by atoms with van der Waals surface area (Å²) >= 11 is 0. The molecule has 4 aromatic rings. The van der Waals surface area contributed by atoms with Crippen molar-refractivity contribution in [3.05, 3.63) is 76.8 Å². The molecule has 1 saturated carbocycles. The van der Waals surface area contributed by atoms with Crippen LogP contribution in [0.15, 0.2) is 42.9 Å². The third kappa shape index (κ3) is 5.80. The van der Waals surface area contributed by atoms with Crippen molar-refractivity contribution in [1.29, 1.82) is 5.26 Å². The number of aromatic nitrogens is 6. The van der Waals surface area contributed by atoms with Crippen LogP contribution in [0.5, 0.6) is 0 Å². The molecule has 1 fully saturated rings. The molecule has 5 rings (SSSR count). The van der Waals surface area contributed by atoms with E-state index in [1.165, 1.54) is 10.9 Å². The van der Waals surface area contributed by atoms with E-state index in [0.717, 1.165) is 41.6 Å². The molecule has 1 aliphatic carbocycles. The number of aryl methyl sites for hydroxylation is 2. The SMILES string of the molecule is Cc1cc(Nc2cc(C)c(C#N)c(C3CCC(C(=O)N[C@@H](C)c4ccc(-n5cc(F)cn5)nc4)CC3)n2)n[nH]1. The zero-order valence-electron chi connectivity index (χ0n) is 22.1. The molecule has 1 amide bonds. The number of pyridine rings is 2. The number of hydrogen-bond donors (Lipinski definition) is 3. The molecule has 3 N–H and O–H groups in total. The van der Waals surface area contributed by atoms with Gasteiger partial charge in [-0.05, 0) is 69.7 Å². The number of carbonyl (C=O) groups is 1. The number of hydrogen-bond acceptors (Lipinski definition) is 7. The van der Waals surface area contributed by atoms with Gasteiger partial charge in [0.1, 0.15) is 11.9 Å². The normalized spacial score (nSPS) is 17.8. The Labute approximate surface area is 225 Å². The van der Waals surface area contributed by atoms with Crippen molar-refractivity contribution in [2.75, 3.05) is 5.32 Å². The number of rotatable bonds is 7. The van der Waals surface area contributed by atoms with E-state index < -0.39 is 5.82 Å². The second kappa shape index (κ2) is 11.0. The number of anilines is 2. The summed E-state index contributed by atoms with van der Waals surface area (Å²) in [6, 6.07) is 9.45. The Morgan fingerprint density at radius 1 is 1.18 bits per heavy atom. The molecule has 1 aliphatic rings. The summed E-state index contributed by atoms with van der Waals surface area (Å²) in [5.41, 5.74) is 4.04. The molecule has 0 aliphatic heterocycles. The summed E-state index contributed by atoms with van der Waals surface area (Å²) in [6.45, 7) is 5.76. The Bertz CT molecular complexity index is 1510. The van der Waals surface area contributed by atoms with Gasteiger partial charge in [-0.15, -0.1) is 0 Å². The number of nitrogens with one attached hydrogen (secondary N) is 3. The van der Waals surface area contributed by atoms with Crippen molar-refractivity contribution in [3.8, 4) is 11.9 Å². The van der Waals surface area contributed by atoms with Gasteiger partial charge in [-0.25, -0.2) is 19.0 Å². The first-order valence-corrected chi connectivity index (χ1v) is 13.0. The Morgan fingerprint density at radius 3 is 2.59 bits per heavy atom. The lowest BCUT2D eigenvalue weighted by Crippen LogP contribution is -2.34. The smallest absolute Gasteiger partial charge is 0.223 e. The molecule has 0 saturated heterocycles. The lowest BCUT2D eigenvalue weighted by molar-refractivity contribution is -0.126. The van der Waals surface area contributed by atoms with Crippen LogP contribution in [0.4, 0.5) is 16.0 Å². The molecule has 200 valence electrons. The van der Waals surface area contributed by atoms with Crippen molar-refractivity contribution < 1.29 is 9.18 Å². The molecule has 10 nitrogen and oxygen atoms in total. The standard InChI is InChI=1S/C28H30FN9O/c1-16-10-24(34-25-11-17(2)36-37-25)35-27(23(16)12-30)19-4-6-20(7-5-19)28(39)33-18(3)21-8-9-26(31-13-21)38-15-22(29)14-32-38/h8-11,13-15,18-20H,4-7H2,1-3H3,(H,33,39)(H2,34,35,36,37)/t18-,19?,20?/m0/s1. The second-order valence-corrected chi connectivity index (χ2v) is 10.1. The zero-order valence-corrected chi connectivity index (χ0v) is 22.1. The summed E-state index contributed by atoms with van der Waals surface area (Å²) < 4.78 is 14.6. The Kier molecular flexibility index (Phi) is 7.36. The average molecular weight is 528 g/mol. The Morgan fingerprint density at radius 2 is 1.97 bits per heavy atom. The topological polar surface area (TPSA) is 137 Å². The van der Waals surface area contributed by atoms with E-state index in [0.29, 0.717) is 35.9 Å². The third-order valence-corrected chi connectivity index (χ3v) is 7.22. The van der Waals surface area contributed by atoms with Gasteiger partial charge in [0.15, 0.2) is 17.5 Å². The largest absolute Gasteiger partial charge is 0.349 e. The van der Waals surface area contributed by atoms with Crippen LogP contribution in [0, 0.1) is 36.9 Å². The van der Waals surface area contributed by atoms with E-state index in [1.54, 1.807) is 12.3 Å². The number of amides is 1. The Hall–Kier alpha value is -4.59. The summed E-state index contributed by atoms with van der Waals surface area (Å²) in [4.78, 5) is 22.2. The highest BCUT2D eigenvalue weighted by Gasteiger charge is 2.30. The third-order valence-electron chi connectivity index (χ3n) is 7.22. The van der Waals surface area contributed by atoms with Crippen LogP contribution in [0.25, 0.3) is 5.82 Å². The van der Waals surface area contributed by atoms with Gasteiger partial charge in [-0.1, -0.05) is 6.07 Å². The van der Waals surface area contributed by atoms with Gasteiger partial charge in [-0.2, -0.15) is 15.5 Å². The maximum atomic E-state index is 13.2. The quantitative estimate of drug-likeness (QED) is 0.311. The van der Waals surface area contributed by atoms with Gasteiger partial charge in [0.05, 0.1) is 29.7 Å². The molecule has 11 heteroatoms. The van der Waals surface area contributed by atoms with Crippen molar-refractivity contribution in [2.24, 2.45) is 5.92 Å². The van der Waals surface area contributed by atoms with Crippen LogP contribution in [0.2, 0.25) is 0 Å². The zero-order chi connectivity index (χ0) is 27.5. The van der Waals surface area contributed by atoms with Crippen LogP contribution < -0.4 is 10.6 Å². The van der Waals surface area contributed by atoms with Crippen LogP contribution in [0.3, 0.4) is 0 Å². The molecule has 0 unspecified atom stereocenters. The first-order chi connectivity index (χ1) is 18.8. The minimum atomic E-state index is -0.431. The van der Waals surface area contributed by atoms with E-state index in [-0.39, 0.29) is 23.8 Å². The van der Waals surface area contributed by atoms with Gasteiger partial charge < -0.3 is 10.6 Å². The minimum absolute atomic E-state index is 0.00754. The van der Waals surface area contributed by atoms with Gasteiger partial charge >= 0.3 is 0 Å². The van der Waals surface area contributed by atoms with Gasteiger partial charge in [0.2, 0.25) is 5.91 Å². The summed E-state index contributed by atoms with van der Waals surface area (Å²) in [5.74, 6) is 1.39. The number of carbonyl (C=O) groups excluding carboxylic acids is 1. The van der Waals surface area contributed by atoms with Crippen molar-refractivity contribution in [3.63, 3.8) is 0 Å². The first kappa shape index (κ1) is 26.0. The van der Waals surface area contributed by atoms with Crippen LogP contribution >= 0.6 is 0 Å². The summed E-state index contributed by atoms with van der Waals surface area (Å²) in [7, 11) is 0. The molecule has 0 bridgehead atoms. The number of nitrogens with zero attached hydrogens (tertiary/aromatic N) is 6. The number of H-pyrrole nitrogens is 1. The molecule has 4 heterocycles. The van der Waals surface area contributed by atoms with Crippen LogP contribution in [-0.2, 0) is 4.79 Å². The number of aromatic amines is 1. The van der Waals surface area contributed by atoms with Gasteiger partial charge in [0.25, 0.3) is 0 Å². The monoisotopic (exact) mass is 527 g/mol. The summed E-state index contributed by atoms with van der Waals surface area (Å²) in [6.07, 6.45) is 7.03. The average Bonchev–Trinajstić information content (AvgIpc) is 3.56. The van der Waals surface area contributed by atoms with E-state index in [2.05, 4.69) is 37.0 Å². The summed E-state index contributed by atoms with van der Waals surface area (Å²) in [5, 5.41) is 27.2.